The maximum Gasteiger partial charge on any atom is 0.152 e. The van der Waals surface area contributed by atoms with Crippen molar-refractivity contribution in [3.8, 4) is 12.3 Å². The monoisotopic (exact) mass is 183 g/mol. The molecule has 0 radical (unpaired) electrons. The van der Waals surface area contributed by atoms with Gasteiger partial charge in [0.05, 0.1) is 12.1 Å². The van der Waals surface area contributed by atoms with E-state index in [1.54, 1.807) is 6.07 Å². The quantitative estimate of drug-likeness (QED) is 0.516. The van der Waals surface area contributed by atoms with Crippen LogP contribution >= 0.6 is 0 Å². The lowest BCUT2D eigenvalue weighted by Crippen LogP contribution is -1.95. The lowest BCUT2D eigenvalue weighted by molar-refractivity contribution is 0.112. The van der Waals surface area contributed by atoms with Crippen LogP contribution in [0.4, 0.5) is 0 Å². The summed E-state index contributed by atoms with van der Waals surface area (Å²) < 4.78 is 1.90. The molecule has 0 aliphatic carbocycles. The molecular formula is C12H9NO. The molecule has 0 saturated carbocycles. The summed E-state index contributed by atoms with van der Waals surface area (Å²) in [6, 6.07) is 7.59. The maximum atomic E-state index is 10.8. The van der Waals surface area contributed by atoms with E-state index in [9.17, 15) is 4.79 Å². The van der Waals surface area contributed by atoms with Crippen LogP contribution in [-0.4, -0.2) is 10.9 Å². The standard InChI is InChI=1S/C12H9NO/c1-2-7-13-8-6-10-4-3-5-11(9-14)12(10)13/h1,3-6,8-9H,7H2. The summed E-state index contributed by atoms with van der Waals surface area (Å²) in [5.74, 6) is 2.56. The molecule has 0 fully saturated rings. The highest BCUT2D eigenvalue weighted by atomic mass is 16.1. The van der Waals surface area contributed by atoms with Gasteiger partial charge in [0.25, 0.3) is 0 Å². The van der Waals surface area contributed by atoms with Gasteiger partial charge in [0, 0.05) is 17.1 Å². The number of nitrogens with zero attached hydrogens (tertiary/aromatic N) is 1. The predicted molar refractivity (Wildman–Crippen MR) is 56.2 cm³/mol. The first-order valence-corrected chi connectivity index (χ1v) is 4.33. The van der Waals surface area contributed by atoms with E-state index in [4.69, 9.17) is 6.42 Å². The van der Waals surface area contributed by atoms with Crippen LogP contribution in [0.25, 0.3) is 10.9 Å². The van der Waals surface area contributed by atoms with Gasteiger partial charge in [0.15, 0.2) is 6.29 Å². The minimum Gasteiger partial charge on any atom is -0.335 e. The molecule has 1 heterocycles. The van der Waals surface area contributed by atoms with Crippen molar-refractivity contribution in [2.24, 2.45) is 0 Å². The largest absolute Gasteiger partial charge is 0.335 e. The van der Waals surface area contributed by atoms with E-state index in [0.29, 0.717) is 12.1 Å². The molecule has 0 spiro atoms. The van der Waals surface area contributed by atoms with E-state index in [1.807, 2.05) is 29.0 Å². The number of para-hydroxylation sites is 1. The zero-order valence-corrected chi connectivity index (χ0v) is 7.60. The lowest BCUT2D eigenvalue weighted by Gasteiger charge is -2.01. The average Bonchev–Trinajstić information content (AvgIpc) is 2.62. The van der Waals surface area contributed by atoms with Gasteiger partial charge in [-0.15, -0.1) is 6.42 Å². The zero-order valence-electron chi connectivity index (χ0n) is 7.60. The molecule has 2 nitrogen and oxygen atoms in total. The molecule has 2 heteroatoms. The Hall–Kier alpha value is -2.01. The number of fused-ring (bicyclic) bond motifs is 1. The normalized spacial score (nSPS) is 9.93. The average molecular weight is 183 g/mol. The fraction of sp³-hybridized carbons (Fsp3) is 0.0833. The molecule has 0 atom stereocenters. The van der Waals surface area contributed by atoms with Gasteiger partial charge in [0.2, 0.25) is 0 Å². The van der Waals surface area contributed by atoms with Crippen molar-refractivity contribution >= 4 is 17.2 Å². The molecule has 0 saturated heterocycles. The number of terminal acetylenes is 1. The van der Waals surface area contributed by atoms with Gasteiger partial charge in [-0.05, 0) is 12.1 Å². The van der Waals surface area contributed by atoms with E-state index in [2.05, 4.69) is 5.92 Å². The van der Waals surface area contributed by atoms with Gasteiger partial charge in [-0.25, -0.2) is 0 Å². The van der Waals surface area contributed by atoms with Gasteiger partial charge < -0.3 is 4.57 Å². The molecule has 1 aromatic heterocycles. The second-order valence-electron chi connectivity index (χ2n) is 3.05. The third-order valence-corrected chi connectivity index (χ3v) is 2.21. The number of carbonyl (C=O) groups is 1. The minimum absolute atomic E-state index is 0.494. The van der Waals surface area contributed by atoms with Gasteiger partial charge in [-0.3, -0.25) is 4.79 Å². The molecule has 0 bridgehead atoms. The van der Waals surface area contributed by atoms with Crippen LogP contribution in [0.2, 0.25) is 0 Å². The van der Waals surface area contributed by atoms with Crippen LogP contribution < -0.4 is 0 Å². The zero-order chi connectivity index (χ0) is 9.97. The van der Waals surface area contributed by atoms with E-state index in [-0.39, 0.29) is 0 Å². The van der Waals surface area contributed by atoms with Crippen molar-refractivity contribution < 1.29 is 4.79 Å². The molecule has 0 aliphatic heterocycles. The number of hydrogen-bond donors (Lipinski definition) is 0. The first kappa shape index (κ1) is 8.58. The van der Waals surface area contributed by atoms with Crippen LogP contribution in [0.3, 0.4) is 0 Å². The Morgan fingerprint density at radius 1 is 1.43 bits per heavy atom. The van der Waals surface area contributed by atoms with Crippen LogP contribution in [0, 0.1) is 12.3 Å². The molecule has 14 heavy (non-hydrogen) atoms. The predicted octanol–water partition coefficient (Wildman–Crippen LogP) is 2.09. The molecule has 0 N–H and O–H groups in total. The van der Waals surface area contributed by atoms with Gasteiger partial charge in [-0.2, -0.15) is 0 Å². The number of aromatic nitrogens is 1. The second-order valence-corrected chi connectivity index (χ2v) is 3.05. The molecule has 0 unspecified atom stereocenters. The number of carbonyl (C=O) groups excluding carboxylic acids is 1. The summed E-state index contributed by atoms with van der Waals surface area (Å²) in [4.78, 5) is 10.8. The number of benzene rings is 1. The van der Waals surface area contributed by atoms with E-state index in [0.717, 1.165) is 17.2 Å². The second kappa shape index (κ2) is 3.39. The van der Waals surface area contributed by atoms with Crippen molar-refractivity contribution in [3.05, 3.63) is 36.0 Å². The summed E-state index contributed by atoms with van der Waals surface area (Å²) >= 11 is 0. The van der Waals surface area contributed by atoms with Crippen molar-refractivity contribution in [1.82, 2.24) is 4.57 Å². The van der Waals surface area contributed by atoms with E-state index >= 15 is 0 Å². The third kappa shape index (κ3) is 1.20. The molecule has 1 aromatic carbocycles. The molecule has 2 rings (SSSR count). The number of aldehydes is 1. The highest BCUT2D eigenvalue weighted by Gasteiger charge is 2.04. The summed E-state index contributed by atoms with van der Waals surface area (Å²) in [6.45, 7) is 0.494. The maximum absolute atomic E-state index is 10.8. The van der Waals surface area contributed by atoms with Crippen LogP contribution in [0.1, 0.15) is 10.4 Å². The van der Waals surface area contributed by atoms with Crippen molar-refractivity contribution in [2.45, 2.75) is 6.54 Å². The van der Waals surface area contributed by atoms with Crippen LogP contribution in [-0.2, 0) is 6.54 Å². The molecule has 68 valence electrons. The molecular weight excluding hydrogens is 174 g/mol. The Labute approximate surface area is 82.2 Å². The Balaban J connectivity index is 2.75. The smallest absolute Gasteiger partial charge is 0.152 e. The molecule has 0 amide bonds. The van der Waals surface area contributed by atoms with E-state index in [1.165, 1.54) is 0 Å². The number of hydrogen-bond acceptors (Lipinski definition) is 1. The lowest BCUT2D eigenvalue weighted by atomic mass is 10.1. The van der Waals surface area contributed by atoms with Crippen molar-refractivity contribution in [3.63, 3.8) is 0 Å². The van der Waals surface area contributed by atoms with Gasteiger partial charge in [-0.1, -0.05) is 18.1 Å². The highest BCUT2D eigenvalue weighted by molar-refractivity contribution is 5.96. The van der Waals surface area contributed by atoms with Gasteiger partial charge in [0.1, 0.15) is 0 Å². The van der Waals surface area contributed by atoms with Crippen LogP contribution in [0.5, 0.6) is 0 Å². The SMILES string of the molecule is C#CCn1ccc2cccc(C=O)c21. The Kier molecular flexibility index (Phi) is 2.08. The van der Waals surface area contributed by atoms with Crippen LogP contribution in [0.15, 0.2) is 30.5 Å². The summed E-state index contributed by atoms with van der Waals surface area (Å²) in [7, 11) is 0. The first-order valence-electron chi connectivity index (χ1n) is 4.33. The fourth-order valence-corrected chi connectivity index (χ4v) is 1.62. The third-order valence-electron chi connectivity index (χ3n) is 2.21. The topological polar surface area (TPSA) is 22.0 Å². The Morgan fingerprint density at radius 3 is 3.00 bits per heavy atom. The van der Waals surface area contributed by atoms with Crippen molar-refractivity contribution in [2.75, 3.05) is 0 Å². The van der Waals surface area contributed by atoms with Crippen molar-refractivity contribution in [1.29, 1.82) is 0 Å². The molecule has 0 aliphatic rings. The fourth-order valence-electron chi connectivity index (χ4n) is 1.62. The first-order chi connectivity index (χ1) is 6.86. The summed E-state index contributed by atoms with van der Waals surface area (Å²) in [6.07, 6.45) is 8.00. The minimum atomic E-state index is 0.494. The van der Waals surface area contributed by atoms with Gasteiger partial charge >= 0.3 is 0 Å². The highest BCUT2D eigenvalue weighted by Crippen LogP contribution is 2.18. The van der Waals surface area contributed by atoms with E-state index < -0.39 is 0 Å². The number of rotatable bonds is 2. The molecule has 2 aromatic rings. The summed E-state index contributed by atoms with van der Waals surface area (Å²) in [5.41, 5.74) is 1.60. The summed E-state index contributed by atoms with van der Waals surface area (Å²) in [5, 5.41) is 1.05. The Morgan fingerprint density at radius 2 is 2.29 bits per heavy atom. The Bertz CT molecular complexity index is 517.